The summed E-state index contributed by atoms with van der Waals surface area (Å²) in [6, 6.07) is 4.03. The predicted molar refractivity (Wildman–Crippen MR) is 67.5 cm³/mol. The van der Waals surface area contributed by atoms with E-state index in [4.69, 9.17) is 17.3 Å². The fourth-order valence-electron chi connectivity index (χ4n) is 1.42. The van der Waals surface area contributed by atoms with E-state index in [0.29, 0.717) is 5.56 Å². The number of halogens is 4. The molecular weight excluding hydrogens is 265 g/mol. The van der Waals surface area contributed by atoms with Crippen LogP contribution in [0.1, 0.15) is 30.9 Å². The monoisotopic (exact) mass is 278 g/mol. The van der Waals surface area contributed by atoms with Crippen molar-refractivity contribution in [2.24, 2.45) is 10.7 Å². The Bertz CT molecular complexity index is 453. The fourth-order valence-corrected chi connectivity index (χ4v) is 1.48. The Morgan fingerprint density at radius 2 is 2.00 bits per heavy atom. The molecule has 0 spiro atoms. The lowest BCUT2D eigenvalue weighted by Crippen LogP contribution is -2.13. The Balaban J connectivity index is 3.35. The van der Waals surface area contributed by atoms with Gasteiger partial charge in [-0.1, -0.05) is 19.9 Å². The minimum atomic E-state index is -4.46. The quantitative estimate of drug-likeness (QED) is 0.505. The van der Waals surface area contributed by atoms with Crippen LogP contribution in [0, 0.1) is 0 Å². The first-order chi connectivity index (χ1) is 8.25. The van der Waals surface area contributed by atoms with Crippen molar-refractivity contribution in [3.63, 3.8) is 0 Å². The number of nitrogens with zero attached hydrogens (tertiary/aromatic N) is 1. The Kier molecular flexibility index (Phi) is 4.62. The molecule has 0 saturated carbocycles. The van der Waals surface area contributed by atoms with Crippen LogP contribution in [0.3, 0.4) is 0 Å². The highest BCUT2D eigenvalue weighted by Gasteiger charge is 2.34. The van der Waals surface area contributed by atoms with Crippen LogP contribution in [-0.4, -0.2) is 11.7 Å². The number of aliphatic imine (C=N–C) groups is 1. The van der Waals surface area contributed by atoms with Gasteiger partial charge in [-0.05, 0) is 23.6 Å². The first kappa shape index (κ1) is 14.8. The fraction of sp³-hybridized carbons (Fsp3) is 0.417. The van der Waals surface area contributed by atoms with Gasteiger partial charge in [-0.15, -0.1) is 11.6 Å². The average Bonchev–Trinajstić information content (AvgIpc) is 2.27. The van der Waals surface area contributed by atoms with Crippen molar-refractivity contribution in [2.75, 3.05) is 5.88 Å². The van der Waals surface area contributed by atoms with Crippen molar-refractivity contribution >= 4 is 23.1 Å². The van der Waals surface area contributed by atoms with E-state index in [9.17, 15) is 13.2 Å². The highest BCUT2D eigenvalue weighted by Crippen LogP contribution is 2.38. The summed E-state index contributed by atoms with van der Waals surface area (Å²) in [7, 11) is 0. The first-order valence-electron chi connectivity index (χ1n) is 5.36. The summed E-state index contributed by atoms with van der Waals surface area (Å²) >= 11 is 5.41. The summed E-state index contributed by atoms with van der Waals surface area (Å²) in [5.74, 6) is -0.141. The Morgan fingerprint density at radius 1 is 1.39 bits per heavy atom. The Hall–Kier alpha value is -1.23. The maximum Gasteiger partial charge on any atom is 0.418 e. The molecule has 1 aromatic carbocycles. The highest BCUT2D eigenvalue weighted by atomic mass is 35.5. The molecule has 100 valence electrons. The van der Waals surface area contributed by atoms with Crippen LogP contribution in [0.25, 0.3) is 0 Å². The maximum absolute atomic E-state index is 12.9. The number of rotatable bonds is 3. The van der Waals surface area contributed by atoms with Gasteiger partial charge in [-0.3, -0.25) is 0 Å². The molecule has 0 radical (unpaired) electrons. The molecule has 0 fully saturated rings. The van der Waals surface area contributed by atoms with Gasteiger partial charge < -0.3 is 5.73 Å². The summed E-state index contributed by atoms with van der Waals surface area (Å²) in [6.45, 7) is 3.65. The van der Waals surface area contributed by atoms with E-state index in [-0.39, 0.29) is 23.3 Å². The van der Waals surface area contributed by atoms with Gasteiger partial charge in [0.15, 0.2) is 0 Å². The van der Waals surface area contributed by atoms with Gasteiger partial charge in [-0.2, -0.15) is 13.2 Å². The molecule has 0 saturated heterocycles. The number of nitrogens with two attached hydrogens (primary N) is 1. The summed E-state index contributed by atoms with van der Waals surface area (Å²) in [5.41, 5.74) is 4.97. The van der Waals surface area contributed by atoms with Gasteiger partial charge in [0.05, 0.1) is 17.1 Å². The van der Waals surface area contributed by atoms with E-state index >= 15 is 0 Å². The van der Waals surface area contributed by atoms with Crippen molar-refractivity contribution in [2.45, 2.75) is 25.9 Å². The van der Waals surface area contributed by atoms with Gasteiger partial charge in [0.2, 0.25) is 0 Å². The predicted octanol–water partition coefficient (Wildman–Crippen LogP) is 4.06. The zero-order valence-electron chi connectivity index (χ0n) is 10.1. The normalized spacial score (nSPS) is 13.2. The van der Waals surface area contributed by atoms with Crippen molar-refractivity contribution in [3.8, 4) is 0 Å². The molecule has 2 nitrogen and oxygen atoms in total. The zero-order chi connectivity index (χ0) is 13.9. The minimum absolute atomic E-state index is 0.00880. The van der Waals surface area contributed by atoms with Gasteiger partial charge >= 0.3 is 6.18 Å². The van der Waals surface area contributed by atoms with E-state index < -0.39 is 11.7 Å². The molecule has 2 N–H and O–H groups in total. The topological polar surface area (TPSA) is 38.4 Å². The number of hydrogen-bond acceptors (Lipinski definition) is 1. The minimum Gasteiger partial charge on any atom is -0.386 e. The summed E-state index contributed by atoms with van der Waals surface area (Å²) < 4.78 is 38.7. The zero-order valence-corrected chi connectivity index (χ0v) is 10.8. The molecule has 0 aromatic heterocycles. The highest BCUT2D eigenvalue weighted by molar-refractivity contribution is 6.28. The second kappa shape index (κ2) is 5.61. The van der Waals surface area contributed by atoms with Crippen LogP contribution in [0.2, 0.25) is 0 Å². The molecule has 0 aliphatic carbocycles. The molecule has 0 atom stereocenters. The number of amidine groups is 1. The van der Waals surface area contributed by atoms with Crippen LogP contribution in [-0.2, 0) is 6.18 Å². The second-order valence-corrected chi connectivity index (χ2v) is 4.43. The summed E-state index contributed by atoms with van der Waals surface area (Å²) in [4.78, 5) is 3.69. The third-order valence-corrected chi connectivity index (χ3v) is 2.67. The van der Waals surface area contributed by atoms with Crippen LogP contribution < -0.4 is 5.73 Å². The molecule has 1 aromatic rings. The Morgan fingerprint density at radius 3 is 2.44 bits per heavy atom. The molecule has 18 heavy (non-hydrogen) atoms. The number of benzene rings is 1. The van der Waals surface area contributed by atoms with Crippen LogP contribution >= 0.6 is 11.6 Å². The van der Waals surface area contributed by atoms with Gasteiger partial charge in [0.25, 0.3) is 0 Å². The third kappa shape index (κ3) is 3.63. The maximum atomic E-state index is 12.9. The SMILES string of the molecule is CC(C)c1ccc(N=C(N)CCl)c(C(F)(F)F)c1. The smallest absolute Gasteiger partial charge is 0.386 e. The largest absolute Gasteiger partial charge is 0.418 e. The molecule has 0 bridgehead atoms. The van der Waals surface area contributed by atoms with E-state index in [1.807, 2.05) is 13.8 Å². The summed E-state index contributed by atoms with van der Waals surface area (Å²) in [5, 5.41) is 0. The molecule has 6 heteroatoms. The lowest BCUT2D eigenvalue weighted by atomic mass is 9.99. The number of alkyl halides is 4. The van der Waals surface area contributed by atoms with Crippen LogP contribution in [0.15, 0.2) is 23.2 Å². The van der Waals surface area contributed by atoms with Crippen LogP contribution in [0.4, 0.5) is 18.9 Å². The Labute approximate surface area is 109 Å². The molecule has 0 aliphatic heterocycles. The van der Waals surface area contributed by atoms with Gasteiger partial charge in [-0.25, -0.2) is 4.99 Å². The average molecular weight is 279 g/mol. The van der Waals surface area contributed by atoms with Crippen molar-refractivity contribution in [1.29, 1.82) is 0 Å². The lowest BCUT2D eigenvalue weighted by Gasteiger charge is -2.14. The molecule has 1 rings (SSSR count). The lowest BCUT2D eigenvalue weighted by molar-refractivity contribution is -0.137. The molecule has 0 heterocycles. The standard InChI is InChI=1S/C12H14ClF3N2/c1-7(2)8-3-4-10(18-11(17)6-13)9(5-8)12(14,15)16/h3-5,7H,6H2,1-2H3,(H2,17,18). The van der Waals surface area contributed by atoms with E-state index in [1.54, 1.807) is 6.07 Å². The van der Waals surface area contributed by atoms with Gasteiger partial charge in [0.1, 0.15) is 5.84 Å². The number of hydrogen-bond donors (Lipinski definition) is 1. The van der Waals surface area contributed by atoms with Crippen molar-refractivity contribution < 1.29 is 13.2 Å². The molecule has 0 aliphatic rings. The van der Waals surface area contributed by atoms with Crippen molar-refractivity contribution in [1.82, 2.24) is 0 Å². The van der Waals surface area contributed by atoms with E-state index in [2.05, 4.69) is 4.99 Å². The molecular formula is C12H14ClF3N2. The van der Waals surface area contributed by atoms with Crippen LogP contribution in [0.5, 0.6) is 0 Å². The third-order valence-electron chi connectivity index (χ3n) is 2.39. The second-order valence-electron chi connectivity index (χ2n) is 4.17. The van der Waals surface area contributed by atoms with Crippen molar-refractivity contribution in [3.05, 3.63) is 29.3 Å². The first-order valence-corrected chi connectivity index (χ1v) is 5.89. The molecule has 0 amide bonds. The summed E-state index contributed by atoms with van der Waals surface area (Å²) in [6.07, 6.45) is -4.46. The van der Waals surface area contributed by atoms with E-state index in [0.717, 1.165) is 6.07 Å². The molecule has 0 unspecified atom stereocenters. The van der Waals surface area contributed by atoms with Gasteiger partial charge in [0, 0.05) is 0 Å². The van der Waals surface area contributed by atoms with E-state index in [1.165, 1.54) is 6.07 Å².